The maximum Gasteiger partial charge on any atom is 0.242 e. The van der Waals surface area contributed by atoms with Crippen molar-refractivity contribution in [3.05, 3.63) is 16.1 Å². The molecule has 0 unspecified atom stereocenters. The number of aryl methyl sites for hydroxylation is 1. The van der Waals surface area contributed by atoms with E-state index in [1.54, 1.807) is 11.3 Å². The number of rotatable bonds is 3. The number of carbonyl (C=O) groups is 1. The molecule has 6 nitrogen and oxygen atoms in total. The standard InChI is InChI=1S/C15H24N4O2S/c1-11-14(16-3-8-21-11)15(20)19-6-4-18(5-7-19)10-13-9-17-12(2)22-13/h9,11,14,16H,3-8,10H2,1-2H3/t11-,14+/m1/s1. The van der Waals surface area contributed by atoms with E-state index in [9.17, 15) is 4.79 Å². The predicted molar refractivity (Wildman–Crippen MR) is 85.9 cm³/mol. The summed E-state index contributed by atoms with van der Waals surface area (Å²) in [5.41, 5.74) is 0. The Balaban J connectivity index is 1.49. The lowest BCUT2D eigenvalue weighted by Crippen LogP contribution is -2.59. The molecule has 2 aliphatic rings. The van der Waals surface area contributed by atoms with Gasteiger partial charge in [-0.25, -0.2) is 4.98 Å². The van der Waals surface area contributed by atoms with Gasteiger partial charge in [0, 0.05) is 50.3 Å². The third-order valence-corrected chi connectivity index (χ3v) is 5.21. The average Bonchev–Trinajstić information content (AvgIpc) is 2.93. The van der Waals surface area contributed by atoms with Crippen molar-refractivity contribution in [1.82, 2.24) is 20.1 Å². The van der Waals surface area contributed by atoms with Crippen molar-refractivity contribution >= 4 is 17.2 Å². The number of amides is 1. The number of aromatic nitrogens is 1. The molecule has 0 aromatic carbocycles. The highest BCUT2D eigenvalue weighted by Crippen LogP contribution is 2.16. The van der Waals surface area contributed by atoms with Crippen LogP contribution in [-0.2, 0) is 16.1 Å². The van der Waals surface area contributed by atoms with E-state index in [0.29, 0.717) is 6.61 Å². The number of piperazine rings is 1. The maximum absolute atomic E-state index is 12.6. The number of nitrogens with one attached hydrogen (secondary N) is 1. The molecule has 3 rings (SSSR count). The Hall–Kier alpha value is -1.02. The van der Waals surface area contributed by atoms with Crippen molar-refractivity contribution in [3.8, 4) is 0 Å². The fraction of sp³-hybridized carbons (Fsp3) is 0.733. The van der Waals surface area contributed by atoms with Crippen LogP contribution in [0.25, 0.3) is 0 Å². The molecule has 0 spiro atoms. The smallest absolute Gasteiger partial charge is 0.242 e. The van der Waals surface area contributed by atoms with Crippen LogP contribution in [0.1, 0.15) is 16.8 Å². The van der Waals surface area contributed by atoms with Crippen LogP contribution in [0.5, 0.6) is 0 Å². The fourth-order valence-corrected chi connectivity index (χ4v) is 3.87. The number of hydrogen-bond donors (Lipinski definition) is 1. The molecule has 0 aliphatic carbocycles. The number of nitrogens with zero attached hydrogens (tertiary/aromatic N) is 3. The third kappa shape index (κ3) is 3.65. The van der Waals surface area contributed by atoms with E-state index < -0.39 is 0 Å². The number of thiazole rings is 1. The van der Waals surface area contributed by atoms with Crippen LogP contribution in [0.3, 0.4) is 0 Å². The van der Waals surface area contributed by atoms with Gasteiger partial charge in [-0.1, -0.05) is 0 Å². The lowest BCUT2D eigenvalue weighted by atomic mass is 10.1. The molecule has 1 amide bonds. The van der Waals surface area contributed by atoms with Gasteiger partial charge in [0.2, 0.25) is 5.91 Å². The lowest BCUT2D eigenvalue weighted by Gasteiger charge is -2.38. The quantitative estimate of drug-likeness (QED) is 0.876. The minimum Gasteiger partial charge on any atom is -0.375 e. The number of carbonyl (C=O) groups excluding carboxylic acids is 1. The van der Waals surface area contributed by atoms with Gasteiger partial charge >= 0.3 is 0 Å². The molecule has 1 aromatic rings. The fourth-order valence-electron chi connectivity index (χ4n) is 3.03. The van der Waals surface area contributed by atoms with E-state index in [1.807, 2.05) is 24.9 Å². The van der Waals surface area contributed by atoms with Gasteiger partial charge in [0.15, 0.2) is 0 Å². The molecule has 2 saturated heterocycles. The summed E-state index contributed by atoms with van der Waals surface area (Å²) in [5.74, 6) is 0.181. The Kier molecular flexibility index (Phi) is 5.07. The van der Waals surface area contributed by atoms with Crippen LogP contribution in [0.4, 0.5) is 0 Å². The second-order valence-corrected chi connectivity index (χ2v) is 7.27. The maximum atomic E-state index is 12.6. The van der Waals surface area contributed by atoms with Crippen LogP contribution in [-0.4, -0.2) is 72.2 Å². The van der Waals surface area contributed by atoms with Crippen molar-refractivity contribution in [2.75, 3.05) is 39.3 Å². The largest absolute Gasteiger partial charge is 0.375 e. The summed E-state index contributed by atoms with van der Waals surface area (Å²) in [7, 11) is 0. The SMILES string of the molecule is Cc1ncc(CN2CCN(C(=O)[C@H]3NCCO[C@@H]3C)CC2)s1. The summed E-state index contributed by atoms with van der Waals surface area (Å²) in [6.07, 6.45) is 1.92. The van der Waals surface area contributed by atoms with Crippen LogP contribution in [0.15, 0.2) is 6.20 Å². The second-order valence-electron chi connectivity index (χ2n) is 5.95. The Morgan fingerprint density at radius 3 is 2.86 bits per heavy atom. The second kappa shape index (κ2) is 7.04. The summed E-state index contributed by atoms with van der Waals surface area (Å²) in [6.45, 7) is 9.81. The van der Waals surface area contributed by atoms with Gasteiger partial charge in [-0.15, -0.1) is 11.3 Å². The number of ether oxygens (including phenoxy) is 1. The Morgan fingerprint density at radius 2 is 2.23 bits per heavy atom. The van der Waals surface area contributed by atoms with Crippen LogP contribution < -0.4 is 5.32 Å². The molecular formula is C15H24N4O2S. The van der Waals surface area contributed by atoms with Gasteiger partial charge in [0.25, 0.3) is 0 Å². The first-order chi connectivity index (χ1) is 10.6. The van der Waals surface area contributed by atoms with Crippen molar-refractivity contribution in [3.63, 3.8) is 0 Å². The van der Waals surface area contributed by atoms with Crippen molar-refractivity contribution in [2.24, 2.45) is 0 Å². The first kappa shape index (κ1) is 15.9. The van der Waals surface area contributed by atoms with Crippen molar-refractivity contribution in [1.29, 1.82) is 0 Å². The van der Waals surface area contributed by atoms with Gasteiger partial charge in [0.1, 0.15) is 6.04 Å². The zero-order valence-corrected chi connectivity index (χ0v) is 14.1. The Labute approximate surface area is 135 Å². The topological polar surface area (TPSA) is 57.7 Å². The highest BCUT2D eigenvalue weighted by Gasteiger charge is 2.33. The lowest BCUT2D eigenvalue weighted by molar-refractivity contribution is -0.141. The zero-order valence-electron chi connectivity index (χ0n) is 13.2. The van der Waals surface area contributed by atoms with E-state index in [-0.39, 0.29) is 18.1 Å². The molecular weight excluding hydrogens is 300 g/mol. The number of hydrogen-bond acceptors (Lipinski definition) is 6. The van der Waals surface area contributed by atoms with Crippen LogP contribution >= 0.6 is 11.3 Å². The normalized spacial score (nSPS) is 27.1. The molecule has 122 valence electrons. The van der Waals surface area contributed by atoms with Gasteiger partial charge in [-0.05, 0) is 13.8 Å². The first-order valence-electron chi connectivity index (χ1n) is 7.91. The molecule has 0 saturated carbocycles. The minimum atomic E-state index is -0.190. The van der Waals surface area contributed by atoms with Crippen molar-refractivity contribution < 1.29 is 9.53 Å². The van der Waals surface area contributed by atoms with Gasteiger partial charge in [-0.3, -0.25) is 9.69 Å². The molecule has 0 radical (unpaired) electrons. The molecule has 2 atom stereocenters. The molecule has 22 heavy (non-hydrogen) atoms. The van der Waals surface area contributed by atoms with E-state index in [1.165, 1.54) is 4.88 Å². The first-order valence-corrected chi connectivity index (χ1v) is 8.72. The van der Waals surface area contributed by atoms with E-state index >= 15 is 0 Å². The summed E-state index contributed by atoms with van der Waals surface area (Å²) in [6, 6.07) is -0.190. The summed E-state index contributed by atoms with van der Waals surface area (Å²) in [5, 5.41) is 4.40. The molecule has 1 aromatic heterocycles. The molecule has 3 heterocycles. The molecule has 2 aliphatic heterocycles. The van der Waals surface area contributed by atoms with Crippen LogP contribution in [0.2, 0.25) is 0 Å². The van der Waals surface area contributed by atoms with E-state index in [4.69, 9.17) is 4.74 Å². The third-order valence-electron chi connectivity index (χ3n) is 4.32. The Morgan fingerprint density at radius 1 is 1.45 bits per heavy atom. The molecule has 0 bridgehead atoms. The number of morpholine rings is 1. The van der Waals surface area contributed by atoms with E-state index in [0.717, 1.165) is 44.3 Å². The predicted octanol–water partition coefficient (Wildman–Crippen LogP) is 0.473. The van der Waals surface area contributed by atoms with Gasteiger partial charge in [-0.2, -0.15) is 0 Å². The molecule has 1 N–H and O–H groups in total. The van der Waals surface area contributed by atoms with Gasteiger partial charge in [0.05, 0.1) is 17.7 Å². The average molecular weight is 324 g/mol. The minimum absolute atomic E-state index is 0.0422. The van der Waals surface area contributed by atoms with Gasteiger partial charge < -0.3 is 15.0 Å². The highest BCUT2D eigenvalue weighted by atomic mass is 32.1. The molecule has 7 heteroatoms. The zero-order chi connectivity index (χ0) is 15.5. The van der Waals surface area contributed by atoms with Crippen molar-refractivity contribution in [2.45, 2.75) is 32.5 Å². The van der Waals surface area contributed by atoms with E-state index in [2.05, 4.69) is 15.2 Å². The summed E-state index contributed by atoms with van der Waals surface area (Å²) >= 11 is 1.75. The monoisotopic (exact) mass is 324 g/mol. The Bertz CT molecular complexity index is 513. The highest BCUT2D eigenvalue weighted by molar-refractivity contribution is 7.11. The van der Waals surface area contributed by atoms with Crippen LogP contribution in [0, 0.1) is 6.92 Å². The summed E-state index contributed by atoms with van der Waals surface area (Å²) in [4.78, 5) is 22.6. The molecule has 2 fully saturated rings. The summed E-state index contributed by atoms with van der Waals surface area (Å²) < 4.78 is 5.58.